The lowest BCUT2D eigenvalue weighted by molar-refractivity contribution is 0.0206. The molecule has 1 amide bonds. The van der Waals surface area contributed by atoms with Crippen LogP contribution in [0, 0.1) is 6.92 Å². The molecular formula is C17H26N2O2. The first-order chi connectivity index (χ1) is 10.0. The minimum absolute atomic E-state index is 0.0367. The Morgan fingerprint density at radius 2 is 2.24 bits per heavy atom. The Kier molecular flexibility index (Phi) is 5.23. The lowest BCUT2D eigenvalue weighted by atomic mass is 10.0. The zero-order chi connectivity index (χ0) is 15.3. The van der Waals surface area contributed by atoms with Crippen molar-refractivity contribution in [2.24, 2.45) is 0 Å². The topological polar surface area (TPSA) is 50.4 Å². The molecule has 21 heavy (non-hydrogen) atoms. The van der Waals surface area contributed by atoms with Gasteiger partial charge in [-0.2, -0.15) is 0 Å². The summed E-state index contributed by atoms with van der Waals surface area (Å²) in [5, 5.41) is 6.34. The second-order valence-electron chi connectivity index (χ2n) is 6.06. The first kappa shape index (κ1) is 15.8. The number of aryl methyl sites for hydroxylation is 1. The fraction of sp³-hybridized carbons (Fsp3) is 0.588. The smallest absolute Gasteiger partial charge is 0.253 e. The lowest BCUT2D eigenvalue weighted by Gasteiger charge is -2.23. The number of amides is 1. The highest BCUT2D eigenvalue weighted by Crippen LogP contribution is 2.24. The van der Waals surface area contributed by atoms with Crippen LogP contribution in [-0.2, 0) is 4.74 Å². The van der Waals surface area contributed by atoms with Crippen LogP contribution in [0.1, 0.15) is 49.0 Å². The summed E-state index contributed by atoms with van der Waals surface area (Å²) in [6.45, 7) is 8.43. The van der Waals surface area contributed by atoms with Gasteiger partial charge in [-0.25, -0.2) is 0 Å². The Morgan fingerprint density at radius 1 is 1.43 bits per heavy atom. The van der Waals surface area contributed by atoms with Crippen LogP contribution in [-0.4, -0.2) is 31.2 Å². The molecule has 1 aromatic rings. The second kappa shape index (κ2) is 6.94. The van der Waals surface area contributed by atoms with E-state index in [4.69, 9.17) is 4.74 Å². The van der Waals surface area contributed by atoms with Crippen LogP contribution in [0.2, 0.25) is 0 Å². The number of hydrogen-bond acceptors (Lipinski definition) is 3. The number of carbonyl (C=O) groups excluding carboxylic acids is 1. The predicted molar refractivity (Wildman–Crippen MR) is 85.9 cm³/mol. The summed E-state index contributed by atoms with van der Waals surface area (Å²) in [5.74, 6) is -0.0367. The van der Waals surface area contributed by atoms with Gasteiger partial charge in [0.2, 0.25) is 0 Å². The molecule has 1 atom stereocenters. The monoisotopic (exact) mass is 290 g/mol. The van der Waals surface area contributed by atoms with Crippen LogP contribution in [0.25, 0.3) is 0 Å². The van der Waals surface area contributed by atoms with E-state index in [2.05, 4.69) is 24.5 Å². The highest BCUT2D eigenvalue weighted by Gasteiger charge is 2.30. The fourth-order valence-corrected chi connectivity index (χ4v) is 2.60. The normalized spacial score (nSPS) is 21.3. The summed E-state index contributed by atoms with van der Waals surface area (Å²) in [5.41, 5.74) is 2.55. The first-order valence-electron chi connectivity index (χ1n) is 7.81. The SMILES string of the molecule is CCCNc1cc(C)ccc1C(=O)NCC1(C)CCCO1. The number of anilines is 1. The molecule has 2 rings (SSSR count). The van der Waals surface area contributed by atoms with E-state index >= 15 is 0 Å². The van der Waals surface area contributed by atoms with E-state index in [0.717, 1.165) is 43.7 Å². The summed E-state index contributed by atoms with van der Waals surface area (Å²) < 4.78 is 5.71. The number of nitrogens with one attached hydrogen (secondary N) is 2. The Balaban J connectivity index is 2.03. The molecular weight excluding hydrogens is 264 g/mol. The van der Waals surface area contributed by atoms with Gasteiger partial charge in [-0.1, -0.05) is 13.0 Å². The maximum Gasteiger partial charge on any atom is 0.253 e. The molecule has 4 heteroatoms. The molecule has 2 N–H and O–H groups in total. The summed E-state index contributed by atoms with van der Waals surface area (Å²) in [4.78, 5) is 12.4. The van der Waals surface area contributed by atoms with Crippen LogP contribution in [0.3, 0.4) is 0 Å². The van der Waals surface area contributed by atoms with Crippen molar-refractivity contribution in [1.29, 1.82) is 0 Å². The van der Waals surface area contributed by atoms with Crippen LogP contribution in [0.4, 0.5) is 5.69 Å². The van der Waals surface area contributed by atoms with Crippen molar-refractivity contribution in [2.75, 3.05) is 25.0 Å². The Hall–Kier alpha value is -1.55. The van der Waals surface area contributed by atoms with E-state index in [1.54, 1.807) is 0 Å². The number of rotatable bonds is 6. The van der Waals surface area contributed by atoms with Crippen molar-refractivity contribution in [3.8, 4) is 0 Å². The second-order valence-corrected chi connectivity index (χ2v) is 6.06. The zero-order valence-electron chi connectivity index (χ0n) is 13.3. The molecule has 0 bridgehead atoms. The molecule has 1 unspecified atom stereocenters. The van der Waals surface area contributed by atoms with Gasteiger partial charge in [-0.05, 0) is 50.8 Å². The molecule has 1 aromatic carbocycles. The molecule has 0 spiro atoms. The lowest BCUT2D eigenvalue weighted by Crippen LogP contribution is -2.40. The minimum atomic E-state index is -0.211. The molecule has 1 aliphatic rings. The molecule has 0 saturated carbocycles. The maximum atomic E-state index is 12.4. The summed E-state index contributed by atoms with van der Waals surface area (Å²) in [6, 6.07) is 5.89. The highest BCUT2D eigenvalue weighted by atomic mass is 16.5. The Morgan fingerprint density at radius 3 is 2.90 bits per heavy atom. The summed E-state index contributed by atoms with van der Waals surface area (Å²) >= 11 is 0. The van der Waals surface area contributed by atoms with Gasteiger partial charge in [0.1, 0.15) is 0 Å². The van der Waals surface area contributed by atoms with Crippen molar-refractivity contribution in [3.63, 3.8) is 0 Å². The van der Waals surface area contributed by atoms with Gasteiger partial charge in [0.05, 0.1) is 11.2 Å². The molecule has 116 valence electrons. The van der Waals surface area contributed by atoms with Crippen LogP contribution in [0.15, 0.2) is 18.2 Å². The molecule has 0 aliphatic carbocycles. The Bertz CT molecular complexity index is 494. The molecule has 1 fully saturated rings. The summed E-state index contributed by atoms with van der Waals surface area (Å²) in [6.07, 6.45) is 3.10. The molecule has 1 heterocycles. The largest absolute Gasteiger partial charge is 0.384 e. The molecule has 0 aromatic heterocycles. The van der Waals surface area contributed by atoms with E-state index in [0.29, 0.717) is 12.1 Å². The van der Waals surface area contributed by atoms with E-state index in [1.807, 2.05) is 25.1 Å². The summed E-state index contributed by atoms with van der Waals surface area (Å²) in [7, 11) is 0. The third-order valence-electron chi connectivity index (χ3n) is 3.91. The van der Waals surface area contributed by atoms with E-state index in [1.165, 1.54) is 0 Å². The molecule has 0 radical (unpaired) electrons. The van der Waals surface area contributed by atoms with Gasteiger partial charge in [-0.3, -0.25) is 4.79 Å². The van der Waals surface area contributed by atoms with Crippen molar-refractivity contribution in [3.05, 3.63) is 29.3 Å². The Labute approximate surface area is 127 Å². The van der Waals surface area contributed by atoms with Gasteiger partial charge in [-0.15, -0.1) is 0 Å². The third kappa shape index (κ3) is 4.21. The van der Waals surface area contributed by atoms with E-state index in [9.17, 15) is 4.79 Å². The van der Waals surface area contributed by atoms with Crippen molar-refractivity contribution < 1.29 is 9.53 Å². The fourth-order valence-electron chi connectivity index (χ4n) is 2.60. The van der Waals surface area contributed by atoms with Crippen molar-refractivity contribution in [2.45, 2.75) is 45.6 Å². The average molecular weight is 290 g/mol. The standard InChI is InChI=1S/C17H26N2O2/c1-4-9-18-15-11-13(2)6-7-14(15)16(20)19-12-17(3)8-5-10-21-17/h6-7,11,18H,4-5,8-10,12H2,1-3H3,(H,19,20). The van der Waals surface area contributed by atoms with Gasteiger partial charge in [0.25, 0.3) is 5.91 Å². The third-order valence-corrected chi connectivity index (χ3v) is 3.91. The van der Waals surface area contributed by atoms with Crippen LogP contribution >= 0.6 is 0 Å². The highest BCUT2D eigenvalue weighted by molar-refractivity contribution is 5.99. The quantitative estimate of drug-likeness (QED) is 0.846. The average Bonchev–Trinajstić information content (AvgIpc) is 2.90. The van der Waals surface area contributed by atoms with Crippen molar-refractivity contribution >= 4 is 11.6 Å². The van der Waals surface area contributed by atoms with Crippen LogP contribution < -0.4 is 10.6 Å². The molecule has 4 nitrogen and oxygen atoms in total. The maximum absolute atomic E-state index is 12.4. The zero-order valence-corrected chi connectivity index (χ0v) is 13.3. The van der Waals surface area contributed by atoms with Crippen molar-refractivity contribution in [1.82, 2.24) is 5.32 Å². The van der Waals surface area contributed by atoms with E-state index in [-0.39, 0.29) is 11.5 Å². The number of carbonyl (C=O) groups is 1. The van der Waals surface area contributed by atoms with Gasteiger partial charge < -0.3 is 15.4 Å². The van der Waals surface area contributed by atoms with Gasteiger partial charge in [0, 0.05) is 25.4 Å². The van der Waals surface area contributed by atoms with Gasteiger partial charge >= 0.3 is 0 Å². The van der Waals surface area contributed by atoms with E-state index < -0.39 is 0 Å². The molecule has 1 saturated heterocycles. The van der Waals surface area contributed by atoms with Crippen LogP contribution in [0.5, 0.6) is 0 Å². The number of benzene rings is 1. The first-order valence-corrected chi connectivity index (χ1v) is 7.81. The van der Waals surface area contributed by atoms with Gasteiger partial charge in [0.15, 0.2) is 0 Å². The predicted octanol–water partition coefficient (Wildman–Crippen LogP) is 3.12. The molecule has 1 aliphatic heterocycles. The number of ether oxygens (including phenoxy) is 1. The number of hydrogen-bond donors (Lipinski definition) is 2. The minimum Gasteiger partial charge on any atom is -0.384 e.